The fourth-order valence-corrected chi connectivity index (χ4v) is 2.07. The highest BCUT2D eigenvalue weighted by molar-refractivity contribution is 5.32. The minimum Gasteiger partial charge on any atom is -0.381 e. The average Bonchev–Trinajstić information content (AvgIpc) is 2.75. The summed E-state index contributed by atoms with van der Waals surface area (Å²) in [7, 11) is 0. The van der Waals surface area contributed by atoms with Crippen LogP contribution in [0.5, 0.6) is 0 Å². The van der Waals surface area contributed by atoms with E-state index in [4.69, 9.17) is 10.5 Å². The first-order valence-corrected chi connectivity index (χ1v) is 5.54. The van der Waals surface area contributed by atoms with Gasteiger partial charge in [-0.15, -0.1) is 5.10 Å². The van der Waals surface area contributed by atoms with Crippen molar-refractivity contribution in [2.45, 2.75) is 51.9 Å². The highest BCUT2D eigenvalue weighted by Gasteiger charge is 2.23. The number of aromatic nitrogens is 3. The van der Waals surface area contributed by atoms with E-state index in [1.807, 2.05) is 4.68 Å². The fraction of sp³-hybridized carbons (Fsp3) is 0.800. The molecule has 0 saturated carbocycles. The Morgan fingerprint density at radius 3 is 2.93 bits per heavy atom. The number of hydrogen-bond acceptors (Lipinski definition) is 4. The Morgan fingerprint density at radius 1 is 1.53 bits per heavy atom. The van der Waals surface area contributed by atoms with Gasteiger partial charge in [-0.1, -0.05) is 12.1 Å². The first-order chi connectivity index (χ1) is 7.20. The number of nitrogens with two attached hydrogens (primary N) is 1. The van der Waals surface area contributed by atoms with Crippen molar-refractivity contribution >= 4 is 5.82 Å². The molecule has 0 spiro atoms. The summed E-state index contributed by atoms with van der Waals surface area (Å²) >= 11 is 0. The summed E-state index contributed by atoms with van der Waals surface area (Å²) in [6.45, 7) is 4.94. The largest absolute Gasteiger partial charge is 0.381 e. The summed E-state index contributed by atoms with van der Waals surface area (Å²) in [5, 5.41) is 7.92. The van der Waals surface area contributed by atoms with Gasteiger partial charge in [-0.2, -0.15) is 0 Å². The Labute approximate surface area is 89.6 Å². The number of nitrogen functional groups attached to an aromatic ring is 1. The predicted molar refractivity (Wildman–Crippen MR) is 57.4 cm³/mol. The summed E-state index contributed by atoms with van der Waals surface area (Å²) in [5.41, 5.74) is 6.73. The van der Waals surface area contributed by atoms with Crippen LogP contribution in [0, 0.1) is 0 Å². The van der Waals surface area contributed by atoms with Gasteiger partial charge in [0.15, 0.2) is 5.82 Å². The second-order valence-electron chi connectivity index (χ2n) is 4.10. The Hall–Kier alpha value is -1.10. The van der Waals surface area contributed by atoms with Crippen LogP contribution < -0.4 is 5.73 Å². The molecule has 5 nitrogen and oxygen atoms in total. The molecule has 1 aromatic rings. The van der Waals surface area contributed by atoms with E-state index in [0.717, 1.165) is 31.5 Å². The minimum atomic E-state index is 0.270. The number of ether oxygens (including phenoxy) is 1. The van der Waals surface area contributed by atoms with Gasteiger partial charge in [0.2, 0.25) is 0 Å². The normalized spacial score (nSPS) is 26.0. The third kappa shape index (κ3) is 2.12. The van der Waals surface area contributed by atoms with Gasteiger partial charge >= 0.3 is 0 Å². The van der Waals surface area contributed by atoms with Crippen molar-refractivity contribution in [2.24, 2.45) is 0 Å². The van der Waals surface area contributed by atoms with Crippen LogP contribution in [0.1, 0.15) is 32.4 Å². The molecule has 2 heterocycles. The van der Waals surface area contributed by atoms with Crippen molar-refractivity contribution in [2.75, 3.05) is 5.73 Å². The number of anilines is 1. The maximum Gasteiger partial charge on any atom is 0.169 e. The summed E-state index contributed by atoms with van der Waals surface area (Å²) in [5.74, 6) is 0.545. The lowest BCUT2D eigenvalue weighted by atomic mass is 10.2. The van der Waals surface area contributed by atoms with E-state index in [1.54, 1.807) is 0 Å². The predicted octanol–water partition coefficient (Wildman–Crippen LogP) is 0.990. The van der Waals surface area contributed by atoms with Gasteiger partial charge in [-0.3, -0.25) is 0 Å². The lowest BCUT2D eigenvalue weighted by Gasteiger charge is -2.12. The molecule has 1 aliphatic rings. The Balaban J connectivity index is 2.04. The summed E-state index contributed by atoms with van der Waals surface area (Å²) in [6, 6.07) is 0. The van der Waals surface area contributed by atoms with Gasteiger partial charge in [0, 0.05) is 0 Å². The standard InChI is InChI=1S/C10H18N4O/c1-3-9-10(11)12-13-14(9)6-8-5-4-7(2)15-8/h7-8H,3-6,11H2,1-2H3. The van der Waals surface area contributed by atoms with Crippen LogP contribution in [0.4, 0.5) is 5.82 Å². The molecule has 2 atom stereocenters. The zero-order chi connectivity index (χ0) is 10.8. The highest BCUT2D eigenvalue weighted by atomic mass is 16.5. The van der Waals surface area contributed by atoms with E-state index in [0.29, 0.717) is 11.9 Å². The van der Waals surface area contributed by atoms with Crippen molar-refractivity contribution in [1.29, 1.82) is 0 Å². The van der Waals surface area contributed by atoms with Crippen molar-refractivity contribution in [3.8, 4) is 0 Å². The lowest BCUT2D eigenvalue weighted by molar-refractivity contribution is 0.0429. The van der Waals surface area contributed by atoms with E-state index in [1.165, 1.54) is 0 Å². The molecule has 2 rings (SSSR count). The summed E-state index contributed by atoms with van der Waals surface area (Å²) < 4.78 is 7.62. The Bertz CT molecular complexity index is 336. The summed E-state index contributed by atoms with van der Waals surface area (Å²) in [4.78, 5) is 0. The zero-order valence-corrected chi connectivity index (χ0v) is 9.31. The van der Waals surface area contributed by atoms with Crippen molar-refractivity contribution in [3.05, 3.63) is 5.69 Å². The molecule has 0 amide bonds. The van der Waals surface area contributed by atoms with Crippen molar-refractivity contribution < 1.29 is 4.74 Å². The van der Waals surface area contributed by atoms with E-state index in [2.05, 4.69) is 24.2 Å². The molecule has 0 bridgehead atoms. The van der Waals surface area contributed by atoms with Crippen molar-refractivity contribution in [1.82, 2.24) is 15.0 Å². The van der Waals surface area contributed by atoms with E-state index >= 15 is 0 Å². The van der Waals surface area contributed by atoms with Crippen LogP contribution in [0.25, 0.3) is 0 Å². The molecule has 15 heavy (non-hydrogen) atoms. The van der Waals surface area contributed by atoms with Gasteiger partial charge in [-0.05, 0) is 26.2 Å². The highest BCUT2D eigenvalue weighted by Crippen LogP contribution is 2.21. The van der Waals surface area contributed by atoms with E-state index < -0.39 is 0 Å². The zero-order valence-electron chi connectivity index (χ0n) is 9.31. The molecule has 0 radical (unpaired) electrons. The average molecular weight is 210 g/mol. The molecular weight excluding hydrogens is 192 g/mol. The second kappa shape index (κ2) is 4.18. The number of rotatable bonds is 3. The van der Waals surface area contributed by atoms with Crippen LogP contribution in [0.15, 0.2) is 0 Å². The second-order valence-corrected chi connectivity index (χ2v) is 4.10. The number of nitrogens with zero attached hydrogens (tertiary/aromatic N) is 3. The topological polar surface area (TPSA) is 66.0 Å². The van der Waals surface area contributed by atoms with E-state index in [9.17, 15) is 0 Å². The molecule has 1 fully saturated rings. The third-order valence-corrected chi connectivity index (χ3v) is 2.90. The molecule has 2 unspecified atom stereocenters. The molecule has 84 valence electrons. The fourth-order valence-electron chi connectivity index (χ4n) is 2.07. The first-order valence-electron chi connectivity index (χ1n) is 5.54. The number of hydrogen-bond donors (Lipinski definition) is 1. The molecule has 2 N–H and O–H groups in total. The molecular formula is C10H18N4O. The van der Waals surface area contributed by atoms with Gasteiger partial charge < -0.3 is 10.5 Å². The molecule has 5 heteroatoms. The smallest absolute Gasteiger partial charge is 0.169 e. The molecule has 0 aromatic carbocycles. The lowest BCUT2D eigenvalue weighted by Crippen LogP contribution is -2.19. The Morgan fingerprint density at radius 2 is 2.33 bits per heavy atom. The minimum absolute atomic E-state index is 0.270. The molecule has 1 saturated heterocycles. The van der Waals surface area contributed by atoms with Crippen LogP contribution in [0.2, 0.25) is 0 Å². The monoisotopic (exact) mass is 210 g/mol. The molecule has 1 aliphatic heterocycles. The summed E-state index contributed by atoms with van der Waals surface area (Å²) in [6.07, 6.45) is 3.74. The maximum absolute atomic E-state index is 5.74. The molecule has 0 aliphatic carbocycles. The quantitative estimate of drug-likeness (QED) is 0.808. The van der Waals surface area contributed by atoms with Gasteiger partial charge in [-0.25, -0.2) is 4.68 Å². The van der Waals surface area contributed by atoms with E-state index in [-0.39, 0.29) is 6.10 Å². The molecule has 1 aromatic heterocycles. The van der Waals surface area contributed by atoms with Crippen LogP contribution in [0.3, 0.4) is 0 Å². The maximum atomic E-state index is 5.74. The van der Waals surface area contributed by atoms with Gasteiger partial charge in [0.1, 0.15) is 0 Å². The van der Waals surface area contributed by atoms with Crippen LogP contribution in [-0.2, 0) is 17.7 Å². The third-order valence-electron chi connectivity index (χ3n) is 2.90. The van der Waals surface area contributed by atoms with Gasteiger partial charge in [0.25, 0.3) is 0 Å². The van der Waals surface area contributed by atoms with Crippen LogP contribution in [-0.4, -0.2) is 27.2 Å². The van der Waals surface area contributed by atoms with Gasteiger partial charge in [0.05, 0.1) is 24.4 Å². The van der Waals surface area contributed by atoms with Crippen molar-refractivity contribution in [3.63, 3.8) is 0 Å². The SMILES string of the molecule is CCc1c(N)nnn1CC1CCC(C)O1. The first kappa shape index (κ1) is 10.4. The van der Waals surface area contributed by atoms with Crippen LogP contribution >= 0.6 is 0 Å². The Kier molecular flexibility index (Phi) is 2.90.